The molecule has 1 saturated carbocycles. The van der Waals surface area contributed by atoms with E-state index in [0.29, 0.717) is 135 Å². The van der Waals surface area contributed by atoms with Crippen molar-refractivity contribution in [2.45, 2.75) is 245 Å². The van der Waals surface area contributed by atoms with Crippen molar-refractivity contribution in [3.63, 3.8) is 0 Å². The summed E-state index contributed by atoms with van der Waals surface area (Å²) in [6.45, 7) is 39.7. The van der Waals surface area contributed by atoms with Crippen molar-refractivity contribution in [2.75, 3.05) is 79.0 Å². The topological polar surface area (TPSA) is 212 Å². The van der Waals surface area contributed by atoms with Crippen LogP contribution in [0.5, 0.6) is 0 Å². The molecule has 0 heterocycles. The Bertz CT molecular complexity index is 3150. The molecule has 0 saturated heterocycles. The Kier molecular flexibility index (Phi) is 45.0. The zero-order chi connectivity index (χ0) is 76.8. The van der Waals surface area contributed by atoms with Gasteiger partial charge in [-0.25, -0.2) is 0 Å². The zero-order valence-corrected chi connectivity index (χ0v) is 67.2. The van der Waals surface area contributed by atoms with Gasteiger partial charge in [-0.2, -0.15) is 0 Å². The molecular formula is C88H138N6O10. The normalized spacial score (nSPS) is 19.3. The maximum atomic E-state index is 14.5. The molecule has 0 aliphatic heterocycles. The standard InChI is InChI=1S/C88H138N6O10/c1-17-55-101-58-47-80(95)89-53-28-56-102-59-61-104-62-60-103-57-29-54-92-84(99)78(39-18-20-51-90-81(96)63-69(5)33-22-30-66(2)41-44-75-72(8)36-25-48-86(75,11)12)94-85(100)79(93-83(98)65-71(7)35-24-32-68(4)43-46-77-74(10)38-27-50-88(77,15)16)40-19-21-52-91-82(97)64-70(6)34-23-31-67(3)42-45-76-73(9)37-26-49-87(76,13)14/h22-24,30-35,41-46,63-65,74,77-79H,17-21,25-29,36-40,47-62H2,1-16H3,(H,89,95)(H,90,96)(H,91,97)(H,92,99)(H,93,98)(H,94,100)/b33-22+,34-23+,35-24+,44-41+,45-42+,46-43+,66-30+,67-31+,68-32+,69-63+,70-64+,71-65+/t74?,77?,78-,79-/m1/s1. The molecule has 0 aromatic rings. The van der Waals surface area contributed by atoms with E-state index in [1.165, 1.54) is 73.3 Å². The average molecular weight is 1440 g/mol. The molecule has 0 radical (unpaired) electrons. The molecule has 6 amide bonds. The third kappa shape index (κ3) is 39.9. The molecule has 104 heavy (non-hydrogen) atoms. The number of nitrogens with one attached hydrogen (secondary N) is 6. The summed E-state index contributed by atoms with van der Waals surface area (Å²) < 4.78 is 22.5. The highest BCUT2D eigenvalue weighted by molar-refractivity contribution is 5.95. The molecule has 580 valence electrons. The lowest BCUT2D eigenvalue weighted by atomic mass is 9.64. The monoisotopic (exact) mass is 1440 g/mol. The van der Waals surface area contributed by atoms with Crippen LogP contribution in [0.4, 0.5) is 0 Å². The van der Waals surface area contributed by atoms with Crippen LogP contribution >= 0.6 is 0 Å². The van der Waals surface area contributed by atoms with E-state index in [2.05, 4.69) is 151 Å². The third-order valence-electron chi connectivity index (χ3n) is 19.7. The summed E-state index contributed by atoms with van der Waals surface area (Å²) in [7, 11) is 0. The predicted molar refractivity (Wildman–Crippen MR) is 429 cm³/mol. The molecule has 3 aliphatic carbocycles. The van der Waals surface area contributed by atoms with Crippen LogP contribution in [-0.4, -0.2) is 127 Å². The first-order valence-corrected chi connectivity index (χ1v) is 39.1. The minimum absolute atomic E-state index is 0.0316. The first-order valence-electron chi connectivity index (χ1n) is 39.1. The number of ether oxygens (including phenoxy) is 4. The Morgan fingerprint density at radius 1 is 0.462 bits per heavy atom. The van der Waals surface area contributed by atoms with E-state index < -0.39 is 23.9 Å². The number of unbranched alkanes of at least 4 members (excludes halogenated alkanes) is 2. The fourth-order valence-electron chi connectivity index (χ4n) is 13.6. The molecule has 0 aromatic heterocycles. The summed E-state index contributed by atoms with van der Waals surface area (Å²) in [5.41, 5.74) is 11.9. The van der Waals surface area contributed by atoms with E-state index in [1.54, 1.807) is 12.2 Å². The summed E-state index contributed by atoms with van der Waals surface area (Å²) in [5, 5.41) is 17.8. The smallest absolute Gasteiger partial charge is 0.244 e. The highest BCUT2D eigenvalue weighted by Crippen LogP contribution is 2.45. The van der Waals surface area contributed by atoms with Crippen molar-refractivity contribution >= 4 is 35.4 Å². The van der Waals surface area contributed by atoms with E-state index in [4.69, 9.17) is 18.9 Å². The maximum Gasteiger partial charge on any atom is 0.244 e. The predicted octanol–water partition coefficient (Wildman–Crippen LogP) is 16.9. The Hall–Kier alpha value is -6.98. The van der Waals surface area contributed by atoms with Crippen LogP contribution in [0.2, 0.25) is 0 Å². The van der Waals surface area contributed by atoms with Crippen molar-refractivity contribution in [1.82, 2.24) is 31.9 Å². The lowest BCUT2D eigenvalue weighted by molar-refractivity contribution is -0.131. The Morgan fingerprint density at radius 3 is 1.37 bits per heavy atom. The van der Waals surface area contributed by atoms with Gasteiger partial charge in [0, 0.05) is 70.6 Å². The molecule has 2 unspecified atom stereocenters. The molecule has 3 rings (SSSR count). The van der Waals surface area contributed by atoms with Crippen LogP contribution in [0.15, 0.2) is 165 Å². The molecule has 6 N–H and O–H groups in total. The molecule has 3 aliphatic rings. The number of hydrogen-bond acceptors (Lipinski definition) is 10. The van der Waals surface area contributed by atoms with Gasteiger partial charge >= 0.3 is 0 Å². The highest BCUT2D eigenvalue weighted by atomic mass is 16.5. The van der Waals surface area contributed by atoms with E-state index in [1.807, 2.05) is 82.4 Å². The van der Waals surface area contributed by atoms with Crippen LogP contribution in [0.3, 0.4) is 0 Å². The van der Waals surface area contributed by atoms with Gasteiger partial charge in [-0.1, -0.05) is 187 Å². The van der Waals surface area contributed by atoms with Crippen molar-refractivity contribution < 1.29 is 47.7 Å². The number of amides is 6. The number of rotatable bonds is 48. The van der Waals surface area contributed by atoms with E-state index in [0.717, 1.165) is 47.1 Å². The fraction of sp³-hybridized carbons (Fsp3) is 0.614. The molecule has 16 nitrogen and oxygen atoms in total. The summed E-state index contributed by atoms with van der Waals surface area (Å²) in [6, 6.07) is -1.96. The minimum atomic E-state index is -1.01. The number of carbonyl (C=O) groups is 6. The second-order valence-corrected chi connectivity index (χ2v) is 31.0. The van der Waals surface area contributed by atoms with Gasteiger partial charge in [0.15, 0.2) is 0 Å². The van der Waals surface area contributed by atoms with Crippen molar-refractivity contribution in [2.24, 2.45) is 28.1 Å². The quantitative estimate of drug-likeness (QED) is 0.0193. The Labute approximate surface area is 629 Å². The molecule has 0 spiro atoms. The van der Waals surface area contributed by atoms with E-state index in [-0.39, 0.29) is 59.3 Å². The van der Waals surface area contributed by atoms with Gasteiger partial charge in [-0.15, -0.1) is 0 Å². The van der Waals surface area contributed by atoms with Gasteiger partial charge in [0.25, 0.3) is 0 Å². The lowest BCUT2D eigenvalue weighted by Crippen LogP contribution is -2.53. The third-order valence-corrected chi connectivity index (χ3v) is 19.7. The first-order chi connectivity index (χ1) is 49.5. The molecule has 16 heteroatoms. The number of allylic oxidation sites excluding steroid dienone is 25. The molecule has 0 aromatic carbocycles. The number of carbonyl (C=O) groups excluding carboxylic acids is 6. The molecule has 0 bridgehead atoms. The van der Waals surface area contributed by atoms with Gasteiger partial charge in [0.1, 0.15) is 12.1 Å². The van der Waals surface area contributed by atoms with Crippen LogP contribution in [-0.2, 0) is 47.7 Å². The fourth-order valence-corrected chi connectivity index (χ4v) is 13.6. The Morgan fingerprint density at radius 2 is 0.894 bits per heavy atom. The number of hydrogen-bond donors (Lipinski definition) is 6. The van der Waals surface area contributed by atoms with Crippen molar-refractivity contribution in [1.29, 1.82) is 0 Å². The molecule has 1 fully saturated rings. The van der Waals surface area contributed by atoms with Crippen molar-refractivity contribution in [3.05, 3.63) is 165 Å². The van der Waals surface area contributed by atoms with Crippen molar-refractivity contribution in [3.8, 4) is 0 Å². The van der Waals surface area contributed by atoms with Gasteiger partial charge in [0.05, 0.1) is 33.0 Å². The van der Waals surface area contributed by atoms with Crippen LogP contribution in [0.1, 0.15) is 233 Å². The summed E-state index contributed by atoms with van der Waals surface area (Å²) in [6.07, 6.45) is 51.5. The van der Waals surface area contributed by atoms with Crippen LogP contribution in [0.25, 0.3) is 0 Å². The summed E-state index contributed by atoms with van der Waals surface area (Å²) in [5.74, 6) is -0.707. The summed E-state index contributed by atoms with van der Waals surface area (Å²) in [4.78, 5) is 80.6. The summed E-state index contributed by atoms with van der Waals surface area (Å²) >= 11 is 0. The van der Waals surface area contributed by atoms with E-state index in [9.17, 15) is 28.8 Å². The second kappa shape index (κ2) is 51.3. The zero-order valence-electron chi connectivity index (χ0n) is 67.2. The first kappa shape index (κ1) is 91.2. The second-order valence-electron chi connectivity index (χ2n) is 31.0. The maximum absolute atomic E-state index is 14.5. The molecular weight excluding hydrogens is 1300 g/mol. The minimum Gasteiger partial charge on any atom is -0.381 e. The van der Waals surface area contributed by atoms with Gasteiger partial charge in [0.2, 0.25) is 35.4 Å². The Balaban J connectivity index is 1.71. The lowest BCUT2D eigenvalue weighted by Gasteiger charge is -2.41. The SMILES string of the molecule is CCCOCCC(=O)NCCCOCCOCCOCCCNC(=O)[C@@H](CCCCNC(=O)/C=C(C)/C=C/C=C(C)/C=C/C1=C(C)CCCC1(C)C)NC(=O)[C@@H](CCCCNC(=O)/C=C(C)/C=C/C=C(C)/C=C/C1=C(C)CCCC1(C)C)NC(=O)/C=C(C)/C=C/C=C(C)/C=C/C1C(C)CCCC1(C)C. The average Bonchev–Trinajstić information content (AvgIpc) is 0.835. The van der Waals surface area contributed by atoms with Crippen LogP contribution < -0.4 is 31.9 Å². The molecule has 4 atom stereocenters. The largest absolute Gasteiger partial charge is 0.381 e. The van der Waals surface area contributed by atoms with Crippen LogP contribution in [0, 0.1) is 28.1 Å². The van der Waals surface area contributed by atoms with Gasteiger partial charge < -0.3 is 50.8 Å². The van der Waals surface area contributed by atoms with Gasteiger partial charge in [-0.3, -0.25) is 28.8 Å². The van der Waals surface area contributed by atoms with Gasteiger partial charge in [-0.05, 0) is 214 Å². The highest BCUT2D eigenvalue weighted by Gasteiger charge is 2.35. The van der Waals surface area contributed by atoms with E-state index >= 15 is 0 Å².